The van der Waals surface area contributed by atoms with Gasteiger partial charge in [0.2, 0.25) is 11.8 Å². The summed E-state index contributed by atoms with van der Waals surface area (Å²) in [5.74, 6) is -0.505. The zero-order valence-corrected chi connectivity index (χ0v) is 16.1. The minimum atomic E-state index is -0.349. The van der Waals surface area contributed by atoms with Crippen molar-refractivity contribution in [2.75, 3.05) is 18.0 Å². The molecule has 1 saturated heterocycles. The molecule has 7 heteroatoms. The van der Waals surface area contributed by atoms with Crippen LogP contribution in [0.15, 0.2) is 54.9 Å². The first kappa shape index (κ1) is 18.5. The third-order valence-electron chi connectivity index (χ3n) is 5.04. The van der Waals surface area contributed by atoms with Gasteiger partial charge in [-0.1, -0.05) is 35.9 Å². The molecule has 0 aliphatic carbocycles. The number of para-hydroxylation sites is 3. The molecule has 1 N–H and O–H groups in total. The van der Waals surface area contributed by atoms with Crippen molar-refractivity contribution in [3.8, 4) is 0 Å². The Hall–Kier alpha value is -2.86. The monoisotopic (exact) mass is 396 g/mol. The highest BCUT2D eigenvalue weighted by Gasteiger charge is 2.35. The van der Waals surface area contributed by atoms with Crippen LogP contribution in [0, 0.1) is 5.92 Å². The van der Waals surface area contributed by atoms with E-state index in [1.807, 2.05) is 42.7 Å². The number of nitrogens with one attached hydrogen (secondary N) is 1. The number of nitrogens with zero attached hydrogens (tertiary/aromatic N) is 3. The van der Waals surface area contributed by atoms with Crippen molar-refractivity contribution in [2.45, 2.75) is 19.4 Å². The number of rotatable bonds is 6. The first-order valence-electron chi connectivity index (χ1n) is 9.36. The summed E-state index contributed by atoms with van der Waals surface area (Å²) in [7, 11) is 0. The van der Waals surface area contributed by atoms with E-state index in [4.69, 9.17) is 11.6 Å². The lowest BCUT2D eigenvalue weighted by atomic mass is 10.1. The van der Waals surface area contributed by atoms with Gasteiger partial charge < -0.3 is 14.8 Å². The number of anilines is 1. The Morgan fingerprint density at radius 3 is 2.82 bits per heavy atom. The molecule has 1 aromatic heterocycles. The second-order valence-corrected chi connectivity index (χ2v) is 7.34. The molecular weight excluding hydrogens is 376 g/mol. The van der Waals surface area contributed by atoms with Crippen molar-refractivity contribution in [3.05, 3.63) is 59.9 Å². The van der Waals surface area contributed by atoms with Crippen molar-refractivity contribution in [3.63, 3.8) is 0 Å². The number of halogens is 1. The molecule has 0 saturated carbocycles. The van der Waals surface area contributed by atoms with Crippen molar-refractivity contribution < 1.29 is 9.59 Å². The molecule has 1 aliphatic rings. The van der Waals surface area contributed by atoms with Crippen LogP contribution < -0.4 is 10.2 Å². The summed E-state index contributed by atoms with van der Waals surface area (Å²) in [5, 5.41) is 3.48. The number of fused-ring (bicyclic) bond motifs is 1. The summed E-state index contributed by atoms with van der Waals surface area (Å²) in [6.45, 7) is 1.69. The number of aryl methyl sites for hydroxylation is 1. The van der Waals surface area contributed by atoms with Crippen LogP contribution in [0.3, 0.4) is 0 Å². The lowest BCUT2D eigenvalue weighted by molar-refractivity contribution is -0.126. The minimum Gasteiger partial charge on any atom is -0.356 e. The van der Waals surface area contributed by atoms with Gasteiger partial charge in [-0.2, -0.15) is 0 Å². The summed E-state index contributed by atoms with van der Waals surface area (Å²) >= 11 is 6.19. The van der Waals surface area contributed by atoms with Gasteiger partial charge in [0.1, 0.15) is 0 Å². The van der Waals surface area contributed by atoms with Gasteiger partial charge in [0.05, 0.1) is 34.0 Å². The minimum absolute atomic E-state index is 0.0712. The SMILES string of the molecule is O=C(NCCCn1cnc2ccccc21)C1CC(=O)N(c2ccccc2Cl)C1. The number of aromatic nitrogens is 2. The van der Waals surface area contributed by atoms with E-state index in [0.717, 1.165) is 24.0 Å². The molecule has 1 fully saturated rings. The summed E-state index contributed by atoms with van der Waals surface area (Å²) < 4.78 is 2.08. The molecule has 4 rings (SSSR count). The molecule has 3 aromatic rings. The van der Waals surface area contributed by atoms with Crippen LogP contribution in [0.5, 0.6) is 0 Å². The Kier molecular flexibility index (Phi) is 5.30. The molecule has 0 radical (unpaired) electrons. The van der Waals surface area contributed by atoms with Gasteiger partial charge in [0, 0.05) is 26.1 Å². The maximum atomic E-state index is 12.5. The molecule has 2 aromatic carbocycles. The van der Waals surface area contributed by atoms with E-state index in [-0.39, 0.29) is 24.2 Å². The van der Waals surface area contributed by atoms with Crippen LogP contribution in [0.4, 0.5) is 5.69 Å². The van der Waals surface area contributed by atoms with Crippen molar-refractivity contribution >= 4 is 40.1 Å². The molecule has 0 spiro atoms. The van der Waals surface area contributed by atoms with Crippen molar-refractivity contribution in [1.29, 1.82) is 0 Å². The van der Waals surface area contributed by atoms with Crippen molar-refractivity contribution in [1.82, 2.24) is 14.9 Å². The molecular formula is C21H21ClN4O2. The fraction of sp³-hybridized carbons (Fsp3) is 0.286. The average molecular weight is 397 g/mol. The highest BCUT2D eigenvalue weighted by molar-refractivity contribution is 6.33. The van der Waals surface area contributed by atoms with Gasteiger partial charge in [-0.05, 0) is 30.7 Å². The first-order valence-corrected chi connectivity index (χ1v) is 9.74. The fourth-order valence-corrected chi connectivity index (χ4v) is 3.82. The smallest absolute Gasteiger partial charge is 0.227 e. The van der Waals surface area contributed by atoms with Gasteiger partial charge in [-0.15, -0.1) is 0 Å². The summed E-state index contributed by atoms with van der Waals surface area (Å²) in [5.41, 5.74) is 2.72. The molecule has 6 nitrogen and oxygen atoms in total. The highest BCUT2D eigenvalue weighted by atomic mass is 35.5. The molecule has 1 unspecified atom stereocenters. The van der Waals surface area contributed by atoms with Crippen LogP contribution >= 0.6 is 11.6 Å². The second kappa shape index (κ2) is 8.02. The van der Waals surface area contributed by atoms with Crippen LogP contribution in [-0.2, 0) is 16.1 Å². The number of benzene rings is 2. The quantitative estimate of drug-likeness (QED) is 0.650. The lowest BCUT2D eigenvalue weighted by Gasteiger charge is -2.18. The number of carbonyl (C=O) groups excluding carboxylic acids is 2. The van der Waals surface area contributed by atoms with E-state index < -0.39 is 0 Å². The van der Waals surface area contributed by atoms with Gasteiger partial charge in [0.25, 0.3) is 0 Å². The Morgan fingerprint density at radius 1 is 1.18 bits per heavy atom. The Labute approximate surface area is 168 Å². The Bertz CT molecular complexity index is 1020. The normalized spacial score (nSPS) is 16.7. The molecule has 1 aliphatic heterocycles. The standard InChI is InChI=1S/C21H21ClN4O2/c22-16-6-1-3-8-18(16)26-13-15(12-20(26)27)21(28)23-10-5-11-25-14-24-17-7-2-4-9-19(17)25/h1-4,6-9,14-15H,5,10-13H2,(H,23,28). The average Bonchev–Trinajstić information content (AvgIpc) is 3.29. The first-order chi connectivity index (χ1) is 13.6. The highest BCUT2D eigenvalue weighted by Crippen LogP contribution is 2.31. The van der Waals surface area contributed by atoms with Gasteiger partial charge in [-0.3, -0.25) is 9.59 Å². The predicted octanol–water partition coefficient (Wildman–Crippen LogP) is 3.25. The van der Waals surface area contributed by atoms with Crippen LogP contribution in [-0.4, -0.2) is 34.5 Å². The van der Waals surface area contributed by atoms with Crippen LogP contribution in [0.2, 0.25) is 5.02 Å². The van der Waals surface area contributed by atoms with Gasteiger partial charge in [0.15, 0.2) is 0 Å². The number of hydrogen-bond acceptors (Lipinski definition) is 3. The zero-order chi connectivity index (χ0) is 19.5. The third kappa shape index (κ3) is 3.73. The van der Waals surface area contributed by atoms with Gasteiger partial charge in [-0.25, -0.2) is 4.98 Å². The van der Waals surface area contributed by atoms with Crippen molar-refractivity contribution in [2.24, 2.45) is 5.92 Å². The molecule has 1 atom stereocenters. The number of amides is 2. The topological polar surface area (TPSA) is 67.2 Å². The molecule has 2 amide bonds. The maximum absolute atomic E-state index is 12.5. The zero-order valence-electron chi connectivity index (χ0n) is 15.3. The molecule has 144 valence electrons. The van der Waals surface area contributed by atoms with Gasteiger partial charge >= 0.3 is 0 Å². The van der Waals surface area contributed by atoms with E-state index >= 15 is 0 Å². The lowest BCUT2D eigenvalue weighted by Crippen LogP contribution is -2.33. The van der Waals surface area contributed by atoms with E-state index in [0.29, 0.717) is 23.8 Å². The number of imidazole rings is 1. The Morgan fingerprint density at radius 2 is 1.96 bits per heavy atom. The molecule has 28 heavy (non-hydrogen) atoms. The van der Waals surface area contributed by atoms with Crippen LogP contribution in [0.1, 0.15) is 12.8 Å². The summed E-state index contributed by atoms with van der Waals surface area (Å²) in [6.07, 6.45) is 2.83. The van der Waals surface area contributed by atoms with Crippen LogP contribution in [0.25, 0.3) is 11.0 Å². The number of hydrogen-bond donors (Lipinski definition) is 1. The summed E-state index contributed by atoms with van der Waals surface area (Å²) in [6, 6.07) is 15.2. The van der Waals surface area contributed by atoms with E-state index in [9.17, 15) is 9.59 Å². The van der Waals surface area contributed by atoms with E-state index in [1.54, 1.807) is 17.0 Å². The van der Waals surface area contributed by atoms with E-state index in [2.05, 4.69) is 14.9 Å². The summed E-state index contributed by atoms with van der Waals surface area (Å²) in [4.78, 5) is 30.8. The molecule has 0 bridgehead atoms. The largest absolute Gasteiger partial charge is 0.356 e. The maximum Gasteiger partial charge on any atom is 0.227 e. The second-order valence-electron chi connectivity index (χ2n) is 6.93. The Balaban J connectivity index is 1.29. The molecule has 2 heterocycles. The third-order valence-corrected chi connectivity index (χ3v) is 5.36. The predicted molar refractivity (Wildman–Crippen MR) is 109 cm³/mol. The number of carbonyl (C=O) groups is 2. The fourth-order valence-electron chi connectivity index (χ4n) is 3.58. The van der Waals surface area contributed by atoms with E-state index in [1.165, 1.54) is 0 Å².